The van der Waals surface area contributed by atoms with Crippen molar-refractivity contribution in [2.45, 2.75) is 19.8 Å². The van der Waals surface area contributed by atoms with Crippen LogP contribution in [0.25, 0.3) is 11.0 Å². The molecule has 80 valence electrons. The molecule has 2 aromatic rings. The van der Waals surface area contributed by atoms with Crippen LogP contribution in [0.15, 0.2) is 15.7 Å². The van der Waals surface area contributed by atoms with Crippen LogP contribution < -0.4 is 11.2 Å². The van der Waals surface area contributed by atoms with E-state index in [-0.39, 0.29) is 11.2 Å². The molecular weight excluding hydrogens is 194 g/mol. The van der Waals surface area contributed by atoms with Gasteiger partial charge in [-0.05, 0) is 12.5 Å². The van der Waals surface area contributed by atoms with Crippen LogP contribution in [0.1, 0.15) is 19.0 Å². The van der Waals surface area contributed by atoms with E-state index < -0.39 is 0 Å². The average Bonchev–Trinajstić information content (AvgIpc) is 2.60. The topological polar surface area (TPSA) is 70.7 Å². The van der Waals surface area contributed by atoms with E-state index in [1.54, 1.807) is 7.05 Å². The first-order valence-electron chi connectivity index (χ1n) is 4.94. The third kappa shape index (κ3) is 1.49. The molecule has 2 rings (SSSR count). The van der Waals surface area contributed by atoms with Crippen LogP contribution in [0, 0.1) is 0 Å². The number of nitrogens with one attached hydrogen (secondary N) is 2. The van der Waals surface area contributed by atoms with Gasteiger partial charge in [0, 0.05) is 12.7 Å². The Morgan fingerprint density at radius 1 is 1.33 bits per heavy atom. The quantitative estimate of drug-likeness (QED) is 0.753. The molecule has 0 atom stereocenters. The number of aromatic nitrogens is 3. The van der Waals surface area contributed by atoms with Crippen LogP contribution in [0.4, 0.5) is 0 Å². The summed E-state index contributed by atoms with van der Waals surface area (Å²) < 4.78 is 1.44. The summed E-state index contributed by atoms with van der Waals surface area (Å²) in [6, 6.07) is 1.86. The molecule has 0 saturated heterocycles. The zero-order chi connectivity index (χ0) is 11.0. The lowest BCUT2D eigenvalue weighted by molar-refractivity contribution is 0.843. The van der Waals surface area contributed by atoms with Crippen molar-refractivity contribution in [2.24, 2.45) is 7.05 Å². The van der Waals surface area contributed by atoms with Gasteiger partial charge in [-0.3, -0.25) is 14.3 Å². The van der Waals surface area contributed by atoms with Gasteiger partial charge in [0.15, 0.2) is 0 Å². The van der Waals surface area contributed by atoms with E-state index in [0.29, 0.717) is 11.0 Å². The summed E-state index contributed by atoms with van der Waals surface area (Å²) in [5.41, 5.74) is 1.39. The molecule has 2 heterocycles. The Morgan fingerprint density at radius 3 is 2.73 bits per heavy atom. The molecule has 0 spiro atoms. The fraction of sp³-hybridized carbons (Fsp3) is 0.400. The van der Waals surface area contributed by atoms with E-state index in [0.717, 1.165) is 18.5 Å². The predicted octanol–water partition coefficient (Wildman–Crippen LogP) is 0.507. The third-order valence-electron chi connectivity index (χ3n) is 2.49. The van der Waals surface area contributed by atoms with Crippen LogP contribution in [0.2, 0.25) is 0 Å². The van der Waals surface area contributed by atoms with E-state index in [9.17, 15) is 9.59 Å². The van der Waals surface area contributed by atoms with E-state index in [1.165, 1.54) is 4.57 Å². The van der Waals surface area contributed by atoms with Crippen molar-refractivity contribution in [1.29, 1.82) is 0 Å². The van der Waals surface area contributed by atoms with Gasteiger partial charge >= 0.3 is 5.69 Å². The minimum absolute atomic E-state index is 0.351. The largest absolute Gasteiger partial charge is 0.353 e. The second-order valence-corrected chi connectivity index (χ2v) is 3.62. The number of H-pyrrole nitrogens is 2. The summed E-state index contributed by atoms with van der Waals surface area (Å²) >= 11 is 0. The molecule has 0 aliphatic rings. The van der Waals surface area contributed by atoms with Gasteiger partial charge in [0.2, 0.25) is 0 Å². The van der Waals surface area contributed by atoms with Gasteiger partial charge in [-0.2, -0.15) is 0 Å². The Morgan fingerprint density at radius 2 is 2.07 bits per heavy atom. The third-order valence-corrected chi connectivity index (χ3v) is 2.49. The highest BCUT2D eigenvalue weighted by molar-refractivity contribution is 5.75. The summed E-state index contributed by atoms with van der Waals surface area (Å²) in [6.45, 7) is 2.06. The number of aryl methyl sites for hydroxylation is 2. The van der Waals surface area contributed by atoms with Crippen molar-refractivity contribution in [1.82, 2.24) is 14.5 Å². The summed E-state index contributed by atoms with van der Waals surface area (Å²) in [4.78, 5) is 28.1. The Labute approximate surface area is 85.8 Å². The number of fused-ring (bicyclic) bond motifs is 1. The van der Waals surface area contributed by atoms with Crippen molar-refractivity contribution in [3.63, 3.8) is 0 Å². The molecule has 0 radical (unpaired) electrons. The normalized spacial score (nSPS) is 11.1. The molecule has 0 saturated carbocycles. The molecule has 5 nitrogen and oxygen atoms in total. The van der Waals surface area contributed by atoms with Crippen molar-refractivity contribution in [3.8, 4) is 0 Å². The van der Waals surface area contributed by atoms with E-state index in [1.807, 2.05) is 6.07 Å². The summed E-state index contributed by atoms with van der Waals surface area (Å²) in [5.74, 6) is 0. The number of nitrogens with zero attached hydrogens (tertiary/aromatic N) is 1. The number of hydrogen-bond donors (Lipinski definition) is 2. The maximum absolute atomic E-state index is 11.5. The maximum atomic E-state index is 11.5. The highest BCUT2D eigenvalue weighted by Gasteiger charge is 2.07. The van der Waals surface area contributed by atoms with Crippen LogP contribution in [0.3, 0.4) is 0 Å². The minimum Gasteiger partial charge on any atom is -0.353 e. The van der Waals surface area contributed by atoms with E-state index >= 15 is 0 Å². The van der Waals surface area contributed by atoms with Gasteiger partial charge in [-0.1, -0.05) is 13.3 Å². The molecule has 5 heteroatoms. The number of hydrogen-bond acceptors (Lipinski definition) is 2. The predicted molar refractivity (Wildman–Crippen MR) is 58.2 cm³/mol. The standard InChI is InChI=1S/C10H13N3O2/c1-3-4-6-5-7-8(11-6)9(14)12-10(15)13(7)2/h5,11H,3-4H2,1-2H3,(H,12,14,15). The highest BCUT2D eigenvalue weighted by Crippen LogP contribution is 2.10. The second-order valence-electron chi connectivity index (χ2n) is 3.62. The van der Waals surface area contributed by atoms with Crippen molar-refractivity contribution >= 4 is 11.0 Å². The molecule has 0 unspecified atom stereocenters. The van der Waals surface area contributed by atoms with Crippen LogP contribution in [-0.2, 0) is 13.5 Å². The van der Waals surface area contributed by atoms with Crippen molar-refractivity contribution < 1.29 is 0 Å². The van der Waals surface area contributed by atoms with Gasteiger partial charge in [0.25, 0.3) is 5.56 Å². The lowest BCUT2D eigenvalue weighted by Gasteiger charge is -1.96. The first-order chi connectivity index (χ1) is 7.13. The molecule has 0 aliphatic heterocycles. The molecule has 0 fully saturated rings. The van der Waals surface area contributed by atoms with Gasteiger partial charge in [-0.15, -0.1) is 0 Å². The summed E-state index contributed by atoms with van der Waals surface area (Å²) in [6.07, 6.45) is 1.88. The van der Waals surface area contributed by atoms with Crippen LogP contribution in [0.5, 0.6) is 0 Å². The zero-order valence-corrected chi connectivity index (χ0v) is 8.76. The fourth-order valence-corrected chi connectivity index (χ4v) is 1.69. The molecule has 2 aromatic heterocycles. The fourth-order valence-electron chi connectivity index (χ4n) is 1.69. The second kappa shape index (κ2) is 3.42. The lowest BCUT2D eigenvalue weighted by atomic mass is 10.2. The number of rotatable bonds is 2. The Balaban J connectivity index is 2.80. The van der Waals surface area contributed by atoms with Crippen molar-refractivity contribution in [2.75, 3.05) is 0 Å². The highest BCUT2D eigenvalue weighted by atomic mass is 16.2. The Bertz CT molecular complexity index is 603. The van der Waals surface area contributed by atoms with Gasteiger partial charge in [0.1, 0.15) is 5.52 Å². The summed E-state index contributed by atoms with van der Waals surface area (Å²) in [5, 5.41) is 0. The molecule has 2 N–H and O–H groups in total. The minimum atomic E-state index is -0.380. The Hall–Kier alpha value is -1.78. The first kappa shape index (κ1) is 9.76. The monoisotopic (exact) mass is 207 g/mol. The molecule has 0 amide bonds. The van der Waals surface area contributed by atoms with Gasteiger partial charge in [0.05, 0.1) is 5.52 Å². The lowest BCUT2D eigenvalue weighted by Crippen LogP contribution is -2.27. The average molecular weight is 207 g/mol. The van der Waals surface area contributed by atoms with Gasteiger partial charge in [-0.25, -0.2) is 4.79 Å². The van der Waals surface area contributed by atoms with Crippen molar-refractivity contribution in [3.05, 3.63) is 32.6 Å². The maximum Gasteiger partial charge on any atom is 0.328 e. The molecule has 0 aliphatic carbocycles. The number of aromatic amines is 2. The Kier molecular flexibility index (Phi) is 2.22. The molecule has 0 aromatic carbocycles. The van der Waals surface area contributed by atoms with Crippen LogP contribution >= 0.6 is 0 Å². The first-order valence-corrected chi connectivity index (χ1v) is 4.94. The van der Waals surface area contributed by atoms with E-state index in [4.69, 9.17) is 0 Å². The molecule has 0 bridgehead atoms. The SMILES string of the molecule is CCCc1cc2c([nH]1)c(=O)[nH]c(=O)n2C. The van der Waals surface area contributed by atoms with Crippen LogP contribution in [-0.4, -0.2) is 14.5 Å². The smallest absolute Gasteiger partial charge is 0.328 e. The van der Waals surface area contributed by atoms with E-state index in [2.05, 4.69) is 16.9 Å². The zero-order valence-electron chi connectivity index (χ0n) is 8.76. The van der Waals surface area contributed by atoms with Gasteiger partial charge < -0.3 is 4.98 Å². The molecular formula is C10H13N3O2. The molecule has 15 heavy (non-hydrogen) atoms. The summed E-state index contributed by atoms with van der Waals surface area (Å²) in [7, 11) is 1.64.